The fourth-order valence-corrected chi connectivity index (χ4v) is 1.78. The van der Waals surface area contributed by atoms with Gasteiger partial charge in [-0.15, -0.1) is 5.10 Å². The first-order chi connectivity index (χ1) is 8.07. The van der Waals surface area contributed by atoms with E-state index in [2.05, 4.69) is 14.9 Å². The van der Waals surface area contributed by atoms with E-state index in [4.69, 9.17) is 0 Å². The second-order valence-electron chi connectivity index (χ2n) is 3.29. The maximum Gasteiger partial charge on any atom is 0.418 e. The summed E-state index contributed by atoms with van der Waals surface area (Å²) in [6, 6.07) is 5.35. The van der Waals surface area contributed by atoms with Gasteiger partial charge in [-0.25, -0.2) is 0 Å². The van der Waals surface area contributed by atoms with Gasteiger partial charge >= 0.3 is 6.18 Å². The van der Waals surface area contributed by atoms with Crippen LogP contribution in [0.25, 0.3) is 0 Å². The lowest BCUT2D eigenvalue weighted by Gasteiger charge is -2.13. The van der Waals surface area contributed by atoms with Crippen LogP contribution in [0.5, 0.6) is 0 Å². The molecular formula is C10H8F3N3S. The average molecular weight is 259 g/mol. The standard InChI is InChI=1S/C10H8F3N3S/c11-10(12,13)8-3-1-2-4-9(8)14-5-7-6-17-16-15-7/h1-4,6,14H,5H2. The Morgan fingerprint density at radius 1 is 1.24 bits per heavy atom. The average Bonchev–Trinajstić information content (AvgIpc) is 2.78. The molecule has 0 atom stereocenters. The largest absolute Gasteiger partial charge is 0.418 e. The number of nitrogens with zero attached hydrogens (tertiary/aromatic N) is 2. The monoisotopic (exact) mass is 259 g/mol. The van der Waals surface area contributed by atoms with Crippen molar-refractivity contribution < 1.29 is 13.2 Å². The van der Waals surface area contributed by atoms with Crippen molar-refractivity contribution in [1.29, 1.82) is 0 Å². The first kappa shape index (κ1) is 11.8. The third-order valence-corrected chi connectivity index (χ3v) is 2.65. The number of benzene rings is 1. The van der Waals surface area contributed by atoms with Gasteiger partial charge in [-0.3, -0.25) is 0 Å². The maximum atomic E-state index is 12.6. The number of rotatable bonds is 3. The second kappa shape index (κ2) is 4.70. The molecule has 0 aliphatic carbocycles. The summed E-state index contributed by atoms with van der Waals surface area (Å²) in [6.07, 6.45) is -4.36. The molecule has 0 aliphatic rings. The van der Waals surface area contributed by atoms with Gasteiger partial charge in [-0.05, 0) is 23.7 Å². The van der Waals surface area contributed by atoms with Crippen molar-refractivity contribution in [3.63, 3.8) is 0 Å². The molecule has 2 rings (SSSR count). The predicted octanol–water partition coefficient (Wildman–Crippen LogP) is 3.17. The highest BCUT2D eigenvalue weighted by atomic mass is 32.1. The molecule has 17 heavy (non-hydrogen) atoms. The molecule has 0 radical (unpaired) electrons. The third kappa shape index (κ3) is 2.94. The van der Waals surface area contributed by atoms with Gasteiger partial charge in [0.25, 0.3) is 0 Å². The number of alkyl halides is 3. The third-order valence-electron chi connectivity index (χ3n) is 2.10. The topological polar surface area (TPSA) is 37.8 Å². The highest BCUT2D eigenvalue weighted by Gasteiger charge is 2.32. The smallest absolute Gasteiger partial charge is 0.379 e. The van der Waals surface area contributed by atoms with Crippen molar-refractivity contribution in [2.75, 3.05) is 5.32 Å². The zero-order valence-corrected chi connectivity index (χ0v) is 9.35. The molecule has 1 heterocycles. The lowest BCUT2D eigenvalue weighted by molar-refractivity contribution is -0.136. The van der Waals surface area contributed by atoms with Gasteiger partial charge in [0.2, 0.25) is 0 Å². The molecule has 3 nitrogen and oxygen atoms in total. The van der Waals surface area contributed by atoms with Crippen molar-refractivity contribution in [3.8, 4) is 0 Å². The molecule has 0 aliphatic heterocycles. The van der Waals surface area contributed by atoms with E-state index in [0.717, 1.165) is 17.6 Å². The SMILES string of the molecule is FC(F)(F)c1ccccc1NCc1csnn1. The number of hydrogen-bond donors (Lipinski definition) is 1. The van der Waals surface area contributed by atoms with Crippen LogP contribution < -0.4 is 5.32 Å². The number of halogens is 3. The number of anilines is 1. The molecule has 1 aromatic carbocycles. The molecule has 7 heteroatoms. The molecule has 1 N–H and O–H groups in total. The fraction of sp³-hybridized carbons (Fsp3) is 0.200. The predicted molar refractivity (Wildman–Crippen MR) is 58.7 cm³/mol. The summed E-state index contributed by atoms with van der Waals surface area (Å²) >= 11 is 1.16. The van der Waals surface area contributed by atoms with E-state index < -0.39 is 11.7 Å². The minimum atomic E-state index is -4.36. The van der Waals surface area contributed by atoms with E-state index in [1.54, 1.807) is 11.4 Å². The van der Waals surface area contributed by atoms with Gasteiger partial charge in [0, 0.05) is 11.1 Å². The van der Waals surface area contributed by atoms with Crippen molar-refractivity contribution >= 4 is 17.2 Å². The van der Waals surface area contributed by atoms with Gasteiger partial charge in [-0.2, -0.15) is 13.2 Å². The Balaban J connectivity index is 2.16. The molecule has 1 aromatic heterocycles. The zero-order valence-electron chi connectivity index (χ0n) is 8.53. The fourth-order valence-electron chi connectivity index (χ4n) is 1.33. The van der Waals surface area contributed by atoms with Crippen LogP contribution in [0.2, 0.25) is 0 Å². The number of nitrogens with one attached hydrogen (secondary N) is 1. The number of aromatic nitrogens is 2. The minimum Gasteiger partial charge on any atom is -0.379 e. The van der Waals surface area contributed by atoms with E-state index in [1.807, 2.05) is 0 Å². The summed E-state index contributed by atoms with van der Waals surface area (Å²) in [5, 5.41) is 8.14. The Labute approximate surface area is 99.5 Å². The molecule has 2 aromatic rings. The Morgan fingerprint density at radius 2 is 2.00 bits per heavy atom. The van der Waals surface area contributed by atoms with Crippen LogP contribution in [0.4, 0.5) is 18.9 Å². The molecule has 0 bridgehead atoms. The van der Waals surface area contributed by atoms with Crippen LogP contribution in [0.3, 0.4) is 0 Å². The Bertz CT molecular complexity index is 482. The lowest BCUT2D eigenvalue weighted by Crippen LogP contribution is -2.10. The normalized spacial score (nSPS) is 11.5. The minimum absolute atomic E-state index is 0.0491. The van der Waals surface area contributed by atoms with Crippen molar-refractivity contribution in [1.82, 2.24) is 9.59 Å². The Kier molecular flexibility index (Phi) is 3.28. The van der Waals surface area contributed by atoms with Gasteiger partial charge in [0.15, 0.2) is 0 Å². The van der Waals surface area contributed by atoms with Gasteiger partial charge in [-0.1, -0.05) is 16.6 Å². The Morgan fingerprint density at radius 3 is 2.65 bits per heavy atom. The highest BCUT2D eigenvalue weighted by Crippen LogP contribution is 2.34. The van der Waals surface area contributed by atoms with E-state index >= 15 is 0 Å². The second-order valence-corrected chi connectivity index (χ2v) is 3.90. The van der Waals surface area contributed by atoms with Gasteiger partial charge < -0.3 is 5.32 Å². The number of para-hydroxylation sites is 1. The zero-order chi connectivity index (χ0) is 12.3. The first-order valence-corrected chi connectivity index (χ1v) is 5.57. The lowest BCUT2D eigenvalue weighted by atomic mass is 10.1. The maximum absolute atomic E-state index is 12.6. The molecule has 90 valence electrons. The number of hydrogen-bond acceptors (Lipinski definition) is 4. The summed E-state index contributed by atoms with van der Waals surface area (Å²) in [4.78, 5) is 0. The molecule has 0 spiro atoms. The van der Waals surface area contributed by atoms with Crippen LogP contribution in [-0.2, 0) is 12.7 Å². The van der Waals surface area contributed by atoms with Crippen LogP contribution in [0.15, 0.2) is 29.6 Å². The summed E-state index contributed by atoms with van der Waals surface area (Å²) < 4.78 is 41.6. The highest BCUT2D eigenvalue weighted by molar-refractivity contribution is 7.03. The summed E-state index contributed by atoms with van der Waals surface area (Å²) in [6.45, 7) is 0.226. The summed E-state index contributed by atoms with van der Waals surface area (Å²) in [7, 11) is 0. The van der Waals surface area contributed by atoms with E-state index in [-0.39, 0.29) is 12.2 Å². The molecule has 0 amide bonds. The first-order valence-electron chi connectivity index (χ1n) is 4.73. The van der Waals surface area contributed by atoms with Gasteiger partial charge in [0.1, 0.15) is 0 Å². The van der Waals surface area contributed by atoms with Crippen molar-refractivity contribution in [2.45, 2.75) is 12.7 Å². The summed E-state index contributed by atoms with van der Waals surface area (Å²) in [5.74, 6) is 0. The van der Waals surface area contributed by atoms with Crippen LogP contribution in [-0.4, -0.2) is 9.59 Å². The quantitative estimate of drug-likeness (QED) is 0.920. The van der Waals surface area contributed by atoms with E-state index in [9.17, 15) is 13.2 Å². The molecule has 0 saturated carbocycles. The summed E-state index contributed by atoms with van der Waals surface area (Å²) in [5.41, 5.74) is -0.0110. The van der Waals surface area contributed by atoms with Crippen LogP contribution in [0, 0.1) is 0 Å². The molecular weight excluding hydrogens is 251 g/mol. The Hall–Kier alpha value is -1.63. The van der Waals surface area contributed by atoms with Crippen molar-refractivity contribution in [2.24, 2.45) is 0 Å². The molecule has 0 unspecified atom stereocenters. The van der Waals surface area contributed by atoms with Gasteiger partial charge in [0.05, 0.1) is 17.8 Å². The van der Waals surface area contributed by atoms with E-state index in [0.29, 0.717) is 5.69 Å². The molecule has 0 fully saturated rings. The van der Waals surface area contributed by atoms with Crippen LogP contribution in [0.1, 0.15) is 11.3 Å². The van der Waals surface area contributed by atoms with Crippen molar-refractivity contribution in [3.05, 3.63) is 40.9 Å². The molecule has 0 saturated heterocycles. The van der Waals surface area contributed by atoms with Crippen LogP contribution >= 0.6 is 11.5 Å². The van der Waals surface area contributed by atoms with E-state index in [1.165, 1.54) is 12.1 Å².